The number of hydrogen-bond donors (Lipinski definition) is 1. The van der Waals surface area contributed by atoms with Gasteiger partial charge in [0.25, 0.3) is 0 Å². The van der Waals surface area contributed by atoms with Gasteiger partial charge in [0.1, 0.15) is 5.82 Å². The molecule has 2 aromatic rings. The number of aromatic amines is 1. The SMILES string of the molecule is Cc1[nH]ncc1CN(C)C(=O)C1(c2ccc(F)cc2)CC1(C)C. The quantitative estimate of drug-likeness (QED) is 0.942. The summed E-state index contributed by atoms with van der Waals surface area (Å²) in [7, 11) is 1.81. The van der Waals surface area contributed by atoms with Crippen LogP contribution in [0.25, 0.3) is 0 Å². The van der Waals surface area contributed by atoms with E-state index in [-0.39, 0.29) is 17.1 Å². The summed E-state index contributed by atoms with van der Waals surface area (Å²) in [6.07, 6.45) is 2.53. The Kier molecular flexibility index (Phi) is 3.54. The van der Waals surface area contributed by atoms with Crippen LogP contribution in [0.15, 0.2) is 30.5 Å². The van der Waals surface area contributed by atoms with E-state index in [0.717, 1.165) is 23.2 Å². The number of rotatable bonds is 4. The number of amides is 1. The molecule has 0 saturated heterocycles. The fourth-order valence-corrected chi connectivity index (χ4v) is 3.52. The molecule has 1 aromatic heterocycles. The van der Waals surface area contributed by atoms with Crippen molar-refractivity contribution < 1.29 is 9.18 Å². The number of aryl methyl sites for hydroxylation is 1. The standard InChI is InChI=1S/C18H22FN3O/c1-12-13(9-20-21-12)10-22(4)16(23)18(11-17(18,2)3)14-5-7-15(19)8-6-14/h5-9H,10-11H2,1-4H3,(H,20,21). The molecule has 1 aromatic carbocycles. The molecule has 1 aliphatic carbocycles. The number of likely N-dealkylation sites (N-methyl/N-ethyl adjacent to an activating group) is 1. The Morgan fingerprint density at radius 1 is 1.35 bits per heavy atom. The van der Waals surface area contributed by atoms with Gasteiger partial charge in [-0.05, 0) is 36.5 Å². The fraction of sp³-hybridized carbons (Fsp3) is 0.444. The topological polar surface area (TPSA) is 49.0 Å². The summed E-state index contributed by atoms with van der Waals surface area (Å²) in [5.74, 6) is -0.202. The van der Waals surface area contributed by atoms with Crippen molar-refractivity contribution in [3.8, 4) is 0 Å². The summed E-state index contributed by atoms with van der Waals surface area (Å²) in [6.45, 7) is 6.63. The van der Waals surface area contributed by atoms with Crippen molar-refractivity contribution in [3.63, 3.8) is 0 Å². The van der Waals surface area contributed by atoms with Crippen molar-refractivity contribution in [1.29, 1.82) is 0 Å². The molecule has 0 aliphatic heterocycles. The van der Waals surface area contributed by atoms with Crippen LogP contribution in [-0.4, -0.2) is 28.1 Å². The van der Waals surface area contributed by atoms with Gasteiger partial charge in [0.2, 0.25) is 5.91 Å². The highest BCUT2D eigenvalue weighted by Crippen LogP contribution is 2.65. The molecule has 1 heterocycles. The zero-order chi connectivity index (χ0) is 16.8. The van der Waals surface area contributed by atoms with Crippen LogP contribution >= 0.6 is 0 Å². The summed E-state index contributed by atoms with van der Waals surface area (Å²) in [4.78, 5) is 14.9. The molecule has 4 nitrogen and oxygen atoms in total. The van der Waals surface area contributed by atoms with E-state index in [2.05, 4.69) is 24.0 Å². The third-order valence-electron chi connectivity index (χ3n) is 5.13. The first kappa shape index (κ1) is 15.7. The van der Waals surface area contributed by atoms with Gasteiger partial charge in [-0.3, -0.25) is 9.89 Å². The van der Waals surface area contributed by atoms with Crippen molar-refractivity contribution in [3.05, 3.63) is 53.1 Å². The second kappa shape index (κ2) is 5.18. The van der Waals surface area contributed by atoms with Crippen LogP contribution in [0.1, 0.15) is 37.1 Å². The third-order valence-corrected chi connectivity index (χ3v) is 5.13. The average molecular weight is 315 g/mol. The van der Waals surface area contributed by atoms with Crippen molar-refractivity contribution in [2.75, 3.05) is 7.05 Å². The number of benzene rings is 1. The van der Waals surface area contributed by atoms with Crippen molar-refractivity contribution in [2.45, 2.75) is 39.2 Å². The molecule has 1 atom stereocenters. The Labute approximate surface area is 135 Å². The van der Waals surface area contributed by atoms with Gasteiger partial charge in [0.15, 0.2) is 0 Å². The van der Waals surface area contributed by atoms with Crippen LogP contribution in [0.5, 0.6) is 0 Å². The lowest BCUT2D eigenvalue weighted by molar-refractivity contribution is -0.134. The second-order valence-corrected chi connectivity index (χ2v) is 7.15. The number of halogens is 1. The van der Waals surface area contributed by atoms with E-state index in [1.165, 1.54) is 12.1 Å². The molecule has 122 valence electrons. The molecule has 1 amide bonds. The Bertz CT molecular complexity index is 735. The summed E-state index contributed by atoms with van der Waals surface area (Å²) in [5.41, 5.74) is 2.18. The molecule has 1 unspecified atom stereocenters. The number of H-pyrrole nitrogens is 1. The Morgan fingerprint density at radius 2 is 1.96 bits per heavy atom. The van der Waals surface area contributed by atoms with Crippen LogP contribution < -0.4 is 0 Å². The van der Waals surface area contributed by atoms with E-state index >= 15 is 0 Å². The molecular formula is C18H22FN3O. The molecular weight excluding hydrogens is 293 g/mol. The van der Waals surface area contributed by atoms with E-state index in [9.17, 15) is 9.18 Å². The number of hydrogen-bond acceptors (Lipinski definition) is 2. The van der Waals surface area contributed by atoms with E-state index in [0.29, 0.717) is 6.54 Å². The lowest BCUT2D eigenvalue weighted by Crippen LogP contribution is -2.39. The highest BCUT2D eigenvalue weighted by Gasteiger charge is 2.67. The van der Waals surface area contributed by atoms with Crippen LogP contribution in [0, 0.1) is 18.2 Å². The molecule has 0 radical (unpaired) electrons. The lowest BCUT2D eigenvalue weighted by atomic mass is 9.86. The van der Waals surface area contributed by atoms with Gasteiger partial charge in [-0.25, -0.2) is 4.39 Å². The van der Waals surface area contributed by atoms with Gasteiger partial charge < -0.3 is 4.90 Å². The largest absolute Gasteiger partial charge is 0.341 e. The Balaban J connectivity index is 1.88. The second-order valence-electron chi connectivity index (χ2n) is 7.15. The number of nitrogens with zero attached hydrogens (tertiary/aromatic N) is 2. The van der Waals surface area contributed by atoms with Crippen LogP contribution in [0.3, 0.4) is 0 Å². The van der Waals surface area contributed by atoms with E-state index in [1.807, 2.05) is 14.0 Å². The third kappa shape index (κ3) is 2.44. The van der Waals surface area contributed by atoms with Crippen LogP contribution in [0.4, 0.5) is 4.39 Å². The van der Waals surface area contributed by atoms with E-state index in [4.69, 9.17) is 0 Å². The van der Waals surface area contributed by atoms with Gasteiger partial charge in [-0.15, -0.1) is 0 Å². The first-order valence-electron chi connectivity index (χ1n) is 7.78. The van der Waals surface area contributed by atoms with Gasteiger partial charge in [0, 0.05) is 24.8 Å². The zero-order valence-electron chi connectivity index (χ0n) is 14.0. The molecule has 1 fully saturated rings. The molecule has 0 spiro atoms. The molecule has 5 heteroatoms. The highest BCUT2D eigenvalue weighted by atomic mass is 19.1. The van der Waals surface area contributed by atoms with Crippen LogP contribution in [-0.2, 0) is 16.8 Å². The Morgan fingerprint density at radius 3 is 2.43 bits per heavy atom. The first-order valence-corrected chi connectivity index (χ1v) is 7.78. The Hall–Kier alpha value is -2.17. The summed E-state index contributed by atoms with van der Waals surface area (Å²) >= 11 is 0. The van der Waals surface area contributed by atoms with Crippen molar-refractivity contribution in [1.82, 2.24) is 15.1 Å². The van der Waals surface area contributed by atoms with Crippen molar-refractivity contribution >= 4 is 5.91 Å². The maximum absolute atomic E-state index is 13.2. The molecule has 1 N–H and O–H groups in total. The van der Waals surface area contributed by atoms with E-state index in [1.54, 1.807) is 23.2 Å². The number of carbonyl (C=O) groups is 1. The zero-order valence-corrected chi connectivity index (χ0v) is 14.0. The summed E-state index contributed by atoms with van der Waals surface area (Å²) in [6, 6.07) is 6.33. The molecule has 3 rings (SSSR count). The normalized spacial score (nSPS) is 22.0. The maximum atomic E-state index is 13.2. The van der Waals surface area contributed by atoms with Gasteiger partial charge in [0.05, 0.1) is 11.6 Å². The first-order chi connectivity index (χ1) is 10.8. The fourth-order valence-electron chi connectivity index (χ4n) is 3.52. The molecule has 1 aliphatic rings. The predicted molar refractivity (Wildman–Crippen MR) is 86.3 cm³/mol. The smallest absolute Gasteiger partial charge is 0.233 e. The average Bonchev–Trinajstić information content (AvgIpc) is 2.86. The van der Waals surface area contributed by atoms with Gasteiger partial charge in [-0.2, -0.15) is 5.10 Å². The number of carbonyl (C=O) groups excluding carboxylic acids is 1. The highest BCUT2D eigenvalue weighted by molar-refractivity contribution is 5.93. The molecule has 23 heavy (non-hydrogen) atoms. The van der Waals surface area contributed by atoms with Crippen LogP contribution in [0.2, 0.25) is 0 Å². The molecule has 0 bridgehead atoms. The minimum Gasteiger partial charge on any atom is -0.341 e. The van der Waals surface area contributed by atoms with E-state index < -0.39 is 5.41 Å². The number of aromatic nitrogens is 2. The maximum Gasteiger partial charge on any atom is 0.233 e. The monoisotopic (exact) mass is 315 g/mol. The summed E-state index contributed by atoms with van der Waals surface area (Å²) in [5, 5.41) is 6.90. The van der Waals surface area contributed by atoms with Gasteiger partial charge in [-0.1, -0.05) is 26.0 Å². The van der Waals surface area contributed by atoms with Crippen molar-refractivity contribution in [2.24, 2.45) is 5.41 Å². The minimum absolute atomic E-state index is 0.0784. The predicted octanol–water partition coefficient (Wildman–Crippen LogP) is 3.18. The molecule has 1 saturated carbocycles. The lowest BCUT2D eigenvalue weighted by Gasteiger charge is -2.27. The minimum atomic E-state index is -0.562. The van der Waals surface area contributed by atoms with Gasteiger partial charge >= 0.3 is 0 Å². The summed E-state index contributed by atoms with van der Waals surface area (Å²) < 4.78 is 13.2. The number of nitrogens with one attached hydrogen (secondary N) is 1.